The molecule has 5 heteroatoms. The van der Waals surface area contributed by atoms with Crippen LogP contribution in [0.2, 0.25) is 0 Å². The van der Waals surface area contributed by atoms with Crippen molar-refractivity contribution in [1.82, 2.24) is 9.97 Å². The second kappa shape index (κ2) is 4.23. The second-order valence-electron chi connectivity index (χ2n) is 4.47. The number of thiophene rings is 1. The van der Waals surface area contributed by atoms with E-state index in [1.54, 1.807) is 17.7 Å². The number of nitrogens with zero attached hydrogens (tertiary/aromatic N) is 3. The molecule has 3 rings (SSSR count). The van der Waals surface area contributed by atoms with E-state index in [0.717, 1.165) is 35.4 Å². The van der Waals surface area contributed by atoms with Gasteiger partial charge in [-0.1, -0.05) is 0 Å². The Morgan fingerprint density at radius 2 is 2.41 bits per heavy atom. The number of aliphatic hydroxyl groups is 1. The number of hydrogen-bond donors (Lipinski definition) is 1. The zero-order chi connectivity index (χ0) is 11.8. The molecule has 1 N–H and O–H groups in total. The number of aryl methyl sites for hydroxylation is 1. The summed E-state index contributed by atoms with van der Waals surface area (Å²) < 4.78 is 0. The Balaban J connectivity index is 2.13. The predicted molar refractivity (Wildman–Crippen MR) is 69.6 cm³/mol. The standard InChI is InChI=1S/C12H15N3OS/c1-8-6-17-12-10(8)11(13-7-14-12)15-4-2-3-9(15)5-16/h6-7,9,16H,2-5H2,1H3/t9-/m1/s1. The van der Waals surface area contributed by atoms with Gasteiger partial charge in [0.1, 0.15) is 17.0 Å². The van der Waals surface area contributed by atoms with E-state index in [-0.39, 0.29) is 12.6 Å². The van der Waals surface area contributed by atoms with Gasteiger partial charge in [-0.05, 0) is 30.7 Å². The third-order valence-electron chi connectivity index (χ3n) is 3.39. The molecule has 2 aromatic rings. The third kappa shape index (κ3) is 1.70. The summed E-state index contributed by atoms with van der Waals surface area (Å²) in [5.41, 5.74) is 1.23. The molecular weight excluding hydrogens is 234 g/mol. The first kappa shape index (κ1) is 10.9. The number of hydrogen-bond acceptors (Lipinski definition) is 5. The van der Waals surface area contributed by atoms with Crippen LogP contribution in [0.4, 0.5) is 5.82 Å². The van der Waals surface area contributed by atoms with Gasteiger partial charge >= 0.3 is 0 Å². The van der Waals surface area contributed by atoms with Gasteiger partial charge in [0, 0.05) is 6.54 Å². The highest BCUT2D eigenvalue weighted by atomic mass is 32.1. The van der Waals surface area contributed by atoms with Crippen LogP contribution in [0.15, 0.2) is 11.7 Å². The Bertz CT molecular complexity index is 540. The molecule has 1 aliphatic rings. The third-order valence-corrected chi connectivity index (χ3v) is 4.40. The van der Waals surface area contributed by atoms with Gasteiger partial charge in [0.2, 0.25) is 0 Å². The lowest BCUT2D eigenvalue weighted by molar-refractivity contribution is 0.266. The summed E-state index contributed by atoms with van der Waals surface area (Å²) in [4.78, 5) is 12.0. The summed E-state index contributed by atoms with van der Waals surface area (Å²) in [6.45, 7) is 3.27. The van der Waals surface area contributed by atoms with Gasteiger partial charge in [-0.2, -0.15) is 0 Å². The SMILES string of the molecule is Cc1csc2ncnc(N3CCC[C@@H]3CO)c12. The van der Waals surface area contributed by atoms with Crippen LogP contribution in [0, 0.1) is 6.92 Å². The van der Waals surface area contributed by atoms with E-state index in [2.05, 4.69) is 27.2 Å². The normalized spacial score (nSPS) is 20.4. The van der Waals surface area contributed by atoms with Crippen LogP contribution in [0.1, 0.15) is 18.4 Å². The summed E-state index contributed by atoms with van der Waals surface area (Å²) in [6.07, 6.45) is 3.80. The highest BCUT2D eigenvalue weighted by molar-refractivity contribution is 7.17. The Hall–Kier alpha value is -1.20. The topological polar surface area (TPSA) is 49.2 Å². The molecule has 1 atom stereocenters. The van der Waals surface area contributed by atoms with Crippen molar-refractivity contribution in [3.8, 4) is 0 Å². The molecule has 0 radical (unpaired) electrons. The fraction of sp³-hybridized carbons (Fsp3) is 0.500. The van der Waals surface area contributed by atoms with Crippen LogP contribution in [0.3, 0.4) is 0 Å². The molecule has 0 aliphatic carbocycles. The van der Waals surface area contributed by atoms with Crippen LogP contribution in [0.25, 0.3) is 10.2 Å². The number of rotatable bonds is 2. The van der Waals surface area contributed by atoms with Crippen LogP contribution in [-0.2, 0) is 0 Å². The first-order valence-corrected chi connectivity index (χ1v) is 6.75. The minimum Gasteiger partial charge on any atom is -0.394 e. The van der Waals surface area contributed by atoms with E-state index in [0.29, 0.717) is 0 Å². The maximum Gasteiger partial charge on any atom is 0.141 e. The molecular formula is C12H15N3OS. The summed E-state index contributed by atoms with van der Waals surface area (Å²) in [6, 6.07) is 0.215. The summed E-state index contributed by atoms with van der Waals surface area (Å²) in [5, 5.41) is 12.7. The minimum absolute atomic E-state index is 0.203. The fourth-order valence-corrected chi connectivity index (χ4v) is 3.40. The van der Waals surface area contributed by atoms with Crippen molar-refractivity contribution in [2.45, 2.75) is 25.8 Å². The molecule has 1 fully saturated rings. The Kier molecular flexibility index (Phi) is 2.72. The molecule has 0 aromatic carbocycles. The summed E-state index contributed by atoms with van der Waals surface area (Å²) in [7, 11) is 0. The van der Waals surface area contributed by atoms with E-state index in [4.69, 9.17) is 0 Å². The average Bonchev–Trinajstić information content (AvgIpc) is 2.96. The van der Waals surface area contributed by atoms with Crippen molar-refractivity contribution in [2.75, 3.05) is 18.1 Å². The van der Waals surface area contributed by atoms with E-state index in [1.165, 1.54) is 5.56 Å². The van der Waals surface area contributed by atoms with Gasteiger partial charge < -0.3 is 10.0 Å². The van der Waals surface area contributed by atoms with Crippen LogP contribution in [0.5, 0.6) is 0 Å². The minimum atomic E-state index is 0.203. The molecule has 0 amide bonds. The molecule has 1 aliphatic heterocycles. The first-order valence-electron chi connectivity index (χ1n) is 5.87. The van der Waals surface area contributed by atoms with Crippen LogP contribution >= 0.6 is 11.3 Å². The number of anilines is 1. The molecule has 3 heterocycles. The largest absolute Gasteiger partial charge is 0.394 e. The average molecular weight is 249 g/mol. The van der Waals surface area contributed by atoms with Gasteiger partial charge in [-0.25, -0.2) is 9.97 Å². The Morgan fingerprint density at radius 1 is 1.53 bits per heavy atom. The molecule has 0 unspecified atom stereocenters. The Morgan fingerprint density at radius 3 is 3.24 bits per heavy atom. The lowest BCUT2D eigenvalue weighted by Crippen LogP contribution is -2.32. The smallest absolute Gasteiger partial charge is 0.141 e. The van der Waals surface area contributed by atoms with Gasteiger partial charge in [-0.3, -0.25) is 0 Å². The molecule has 0 saturated carbocycles. The lowest BCUT2D eigenvalue weighted by atomic mass is 10.2. The highest BCUT2D eigenvalue weighted by Gasteiger charge is 2.27. The lowest BCUT2D eigenvalue weighted by Gasteiger charge is -2.24. The Labute approximate surface area is 104 Å². The van der Waals surface area contributed by atoms with Crippen molar-refractivity contribution in [1.29, 1.82) is 0 Å². The summed E-state index contributed by atoms with van der Waals surface area (Å²) in [5.74, 6) is 0.991. The van der Waals surface area contributed by atoms with Crippen molar-refractivity contribution in [3.05, 3.63) is 17.3 Å². The second-order valence-corrected chi connectivity index (χ2v) is 5.33. The van der Waals surface area contributed by atoms with E-state index in [1.807, 2.05) is 0 Å². The quantitative estimate of drug-likeness (QED) is 0.884. The molecule has 1 saturated heterocycles. The van der Waals surface area contributed by atoms with Crippen molar-refractivity contribution in [3.63, 3.8) is 0 Å². The van der Waals surface area contributed by atoms with Gasteiger partial charge in [0.25, 0.3) is 0 Å². The molecule has 4 nitrogen and oxygen atoms in total. The predicted octanol–water partition coefficient (Wildman–Crippen LogP) is 1.96. The molecule has 0 bridgehead atoms. The number of fused-ring (bicyclic) bond motifs is 1. The van der Waals surface area contributed by atoms with E-state index < -0.39 is 0 Å². The van der Waals surface area contributed by atoms with Gasteiger partial charge in [-0.15, -0.1) is 11.3 Å². The van der Waals surface area contributed by atoms with Gasteiger partial charge in [0.05, 0.1) is 18.0 Å². The molecule has 0 spiro atoms. The van der Waals surface area contributed by atoms with E-state index >= 15 is 0 Å². The monoisotopic (exact) mass is 249 g/mol. The van der Waals surface area contributed by atoms with Crippen molar-refractivity contribution in [2.24, 2.45) is 0 Å². The van der Waals surface area contributed by atoms with E-state index in [9.17, 15) is 5.11 Å². The number of aliphatic hydroxyl groups excluding tert-OH is 1. The maximum atomic E-state index is 9.41. The fourth-order valence-electron chi connectivity index (χ4n) is 2.52. The molecule has 17 heavy (non-hydrogen) atoms. The van der Waals surface area contributed by atoms with Crippen molar-refractivity contribution < 1.29 is 5.11 Å². The first-order chi connectivity index (χ1) is 8.31. The van der Waals surface area contributed by atoms with Crippen LogP contribution < -0.4 is 4.90 Å². The van der Waals surface area contributed by atoms with Crippen LogP contribution in [-0.4, -0.2) is 34.3 Å². The highest BCUT2D eigenvalue weighted by Crippen LogP contribution is 2.34. The molecule has 2 aromatic heterocycles. The zero-order valence-corrected chi connectivity index (χ0v) is 10.6. The maximum absolute atomic E-state index is 9.41. The number of aromatic nitrogens is 2. The summed E-state index contributed by atoms with van der Waals surface area (Å²) >= 11 is 1.66. The van der Waals surface area contributed by atoms with Crippen molar-refractivity contribution >= 4 is 27.4 Å². The van der Waals surface area contributed by atoms with Gasteiger partial charge in [0.15, 0.2) is 0 Å². The molecule has 90 valence electrons. The zero-order valence-electron chi connectivity index (χ0n) is 9.76.